The van der Waals surface area contributed by atoms with Crippen LogP contribution in [0.15, 0.2) is 76.4 Å². The highest BCUT2D eigenvalue weighted by molar-refractivity contribution is 6.21. The number of carbonyl (C=O) groups excluding carboxylic acids is 2. The van der Waals surface area contributed by atoms with Gasteiger partial charge in [-0.1, -0.05) is 24.3 Å². The smallest absolute Gasteiger partial charge is 0.294 e. The number of hydrogen-bond acceptors (Lipinski definition) is 9. The Kier molecular flexibility index (Phi) is 6.53. The number of ketones is 1. The number of carbonyl (C=O) groups is 2. The van der Waals surface area contributed by atoms with Gasteiger partial charge in [-0.15, -0.1) is 0 Å². The molecule has 1 aliphatic rings. The first-order valence-electron chi connectivity index (χ1n) is 11.8. The van der Waals surface area contributed by atoms with Crippen molar-refractivity contribution in [3.05, 3.63) is 83.3 Å². The molecular weight excluding hydrogens is 506 g/mol. The van der Waals surface area contributed by atoms with E-state index in [4.69, 9.17) is 23.4 Å². The predicted molar refractivity (Wildman–Crippen MR) is 141 cm³/mol. The van der Waals surface area contributed by atoms with E-state index in [0.717, 1.165) is 4.90 Å². The topological polar surface area (TPSA) is 128 Å². The van der Waals surface area contributed by atoms with Gasteiger partial charge in [0.15, 0.2) is 34.4 Å². The Bertz CT molecular complexity index is 1610. The third-order valence-electron chi connectivity index (χ3n) is 6.55. The summed E-state index contributed by atoms with van der Waals surface area (Å²) in [6, 6.07) is 14.8. The van der Waals surface area contributed by atoms with E-state index >= 15 is 0 Å². The standard InChI is InChI=1S/C29H25NO9/c1-35-19-11-7-8-15-12-20(39-27(15)19)25(32)23-24(16-13-21(36-2)28(38-4)22(14-16)37-3)30(29(34)26(23)33)17-9-5-6-10-18(17)31/h5-14,24,31,33H,1-4H3. The highest BCUT2D eigenvalue weighted by Gasteiger charge is 2.46. The summed E-state index contributed by atoms with van der Waals surface area (Å²) in [4.78, 5) is 28.6. The average Bonchev–Trinajstić information content (AvgIpc) is 3.51. The Balaban J connectivity index is 1.73. The van der Waals surface area contributed by atoms with Gasteiger partial charge in [-0.3, -0.25) is 14.5 Å². The number of methoxy groups -OCH3 is 4. The average molecular weight is 532 g/mol. The molecule has 0 fully saturated rings. The Hall–Kier alpha value is -5.12. The second-order valence-electron chi connectivity index (χ2n) is 8.61. The lowest BCUT2D eigenvalue weighted by molar-refractivity contribution is -0.117. The molecule has 0 bridgehead atoms. The number of aliphatic hydroxyl groups excluding tert-OH is 1. The number of amides is 1. The second-order valence-corrected chi connectivity index (χ2v) is 8.61. The van der Waals surface area contributed by atoms with Crippen molar-refractivity contribution >= 4 is 28.3 Å². The maximum absolute atomic E-state index is 14.0. The van der Waals surface area contributed by atoms with E-state index in [1.807, 2.05) is 0 Å². The summed E-state index contributed by atoms with van der Waals surface area (Å²) in [5, 5.41) is 22.3. The van der Waals surface area contributed by atoms with Crippen LogP contribution in [0.25, 0.3) is 11.0 Å². The van der Waals surface area contributed by atoms with Gasteiger partial charge < -0.3 is 33.6 Å². The fourth-order valence-corrected chi connectivity index (χ4v) is 4.77. The highest BCUT2D eigenvalue weighted by Crippen LogP contribution is 2.48. The van der Waals surface area contributed by atoms with Gasteiger partial charge >= 0.3 is 0 Å². The molecule has 1 aromatic heterocycles. The molecule has 0 radical (unpaired) electrons. The first-order valence-corrected chi connectivity index (χ1v) is 11.8. The maximum Gasteiger partial charge on any atom is 0.294 e. The summed E-state index contributed by atoms with van der Waals surface area (Å²) in [5.74, 6) is -1.47. The largest absolute Gasteiger partial charge is 0.506 e. The van der Waals surface area contributed by atoms with Crippen LogP contribution in [0.2, 0.25) is 0 Å². The number of phenolic OH excluding ortho intramolecular Hbond substituents is 1. The minimum atomic E-state index is -1.19. The number of rotatable bonds is 8. The quantitative estimate of drug-likeness (QED) is 0.303. The van der Waals surface area contributed by atoms with Crippen LogP contribution in [0, 0.1) is 0 Å². The van der Waals surface area contributed by atoms with E-state index in [-0.39, 0.29) is 34.3 Å². The highest BCUT2D eigenvalue weighted by atomic mass is 16.5. The molecule has 39 heavy (non-hydrogen) atoms. The summed E-state index contributed by atoms with van der Waals surface area (Å²) in [5.41, 5.74) is 0.522. The third kappa shape index (κ3) is 4.06. The van der Waals surface area contributed by atoms with Crippen LogP contribution in [0.5, 0.6) is 28.7 Å². The Labute approximate surface area is 223 Å². The molecule has 10 heteroatoms. The second kappa shape index (κ2) is 9.97. The van der Waals surface area contributed by atoms with Crippen molar-refractivity contribution in [1.82, 2.24) is 0 Å². The molecule has 0 aliphatic carbocycles. The number of aromatic hydroxyl groups is 1. The molecule has 1 atom stereocenters. The fraction of sp³-hybridized carbons (Fsp3) is 0.172. The SMILES string of the molecule is COc1cc(C2C(C(=O)c3cc4cccc(OC)c4o3)=C(O)C(=O)N2c2ccccc2O)cc(OC)c1OC. The van der Waals surface area contributed by atoms with Crippen LogP contribution in [-0.4, -0.2) is 50.3 Å². The number of phenols is 1. The molecule has 0 saturated heterocycles. The van der Waals surface area contributed by atoms with Crippen molar-refractivity contribution < 1.29 is 43.2 Å². The molecule has 2 N–H and O–H groups in total. The molecule has 0 saturated carbocycles. The van der Waals surface area contributed by atoms with E-state index in [9.17, 15) is 19.8 Å². The number of ether oxygens (including phenoxy) is 4. The van der Waals surface area contributed by atoms with E-state index < -0.39 is 23.5 Å². The Morgan fingerprint density at radius 2 is 1.51 bits per heavy atom. The molecule has 4 aromatic rings. The third-order valence-corrected chi connectivity index (χ3v) is 6.55. The molecule has 5 rings (SSSR count). The molecule has 2 heterocycles. The van der Waals surface area contributed by atoms with Gasteiger partial charge in [0.2, 0.25) is 11.5 Å². The predicted octanol–water partition coefficient (Wildman–Crippen LogP) is 4.96. The molecule has 10 nitrogen and oxygen atoms in total. The molecular formula is C29H25NO9. The minimum absolute atomic E-state index is 0.0851. The number of fused-ring (bicyclic) bond motifs is 1. The van der Waals surface area contributed by atoms with Crippen molar-refractivity contribution in [2.24, 2.45) is 0 Å². The van der Waals surface area contributed by atoms with Gasteiger partial charge in [0, 0.05) is 5.39 Å². The fourth-order valence-electron chi connectivity index (χ4n) is 4.77. The van der Waals surface area contributed by atoms with Crippen LogP contribution < -0.4 is 23.8 Å². The first kappa shape index (κ1) is 25.5. The maximum atomic E-state index is 14.0. The van der Waals surface area contributed by atoms with Crippen molar-refractivity contribution in [1.29, 1.82) is 0 Å². The van der Waals surface area contributed by atoms with Gasteiger partial charge in [-0.25, -0.2) is 0 Å². The molecule has 1 amide bonds. The number of nitrogens with zero attached hydrogens (tertiary/aromatic N) is 1. The van der Waals surface area contributed by atoms with Gasteiger partial charge in [-0.05, 0) is 42.0 Å². The molecule has 200 valence electrons. The molecule has 1 aliphatic heterocycles. The Morgan fingerprint density at radius 3 is 2.13 bits per heavy atom. The van der Waals surface area contributed by atoms with E-state index in [0.29, 0.717) is 28.0 Å². The monoisotopic (exact) mass is 531 g/mol. The number of Topliss-reactive ketones (excluding diaryl/α,β-unsaturated/α-hetero) is 1. The van der Waals surface area contributed by atoms with Crippen molar-refractivity contribution in [2.45, 2.75) is 6.04 Å². The lowest BCUT2D eigenvalue weighted by Gasteiger charge is -2.28. The van der Waals surface area contributed by atoms with Gasteiger partial charge in [0.05, 0.1) is 45.7 Å². The Morgan fingerprint density at radius 1 is 0.846 bits per heavy atom. The number of para-hydroxylation sites is 3. The zero-order chi connectivity index (χ0) is 27.8. The molecule has 3 aromatic carbocycles. The number of benzene rings is 3. The van der Waals surface area contributed by atoms with E-state index in [1.165, 1.54) is 46.6 Å². The van der Waals surface area contributed by atoms with Crippen LogP contribution in [0.1, 0.15) is 22.2 Å². The minimum Gasteiger partial charge on any atom is -0.506 e. The van der Waals surface area contributed by atoms with Crippen LogP contribution >= 0.6 is 0 Å². The lowest BCUT2D eigenvalue weighted by Crippen LogP contribution is -2.31. The molecule has 0 spiro atoms. The number of anilines is 1. The number of aliphatic hydroxyl groups is 1. The lowest BCUT2D eigenvalue weighted by atomic mass is 9.94. The van der Waals surface area contributed by atoms with Crippen LogP contribution in [0.3, 0.4) is 0 Å². The zero-order valence-corrected chi connectivity index (χ0v) is 21.6. The van der Waals surface area contributed by atoms with Crippen molar-refractivity contribution in [3.8, 4) is 28.7 Å². The molecule has 1 unspecified atom stereocenters. The van der Waals surface area contributed by atoms with Gasteiger partial charge in [0.25, 0.3) is 5.91 Å². The van der Waals surface area contributed by atoms with Crippen molar-refractivity contribution in [2.75, 3.05) is 33.3 Å². The van der Waals surface area contributed by atoms with E-state index in [2.05, 4.69) is 0 Å². The first-order chi connectivity index (χ1) is 18.8. The summed E-state index contributed by atoms with van der Waals surface area (Å²) in [7, 11) is 5.79. The van der Waals surface area contributed by atoms with Crippen LogP contribution in [0.4, 0.5) is 5.69 Å². The normalized spacial score (nSPS) is 15.1. The van der Waals surface area contributed by atoms with Gasteiger partial charge in [-0.2, -0.15) is 0 Å². The summed E-state index contributed by atoms with van der Waals surface area (Å²) in [6.45, 7) is 0. The summed E-state index contributed by atoms with van der Waals surface area (Å²) >= 11 is 0. The number of hydrogen-bond donors (Lipinski definition) is 2. The summed E-state index contributed by atoms with van der Waals surface area (Å²) in [6.07, 6.45) is 0. The van der Waals surface area contributed by atoms with Gasteiger partial charge in [0.1, 0.15) is 5.75 Å². The number of furan rings is 1. The van der Waals surface area contributed by atoms with E-state index in [1.54, 1.807) is 42.5 Å². The zero-order valence-electron chi connectivity index (χ0n) is 21.6. The van der Waals surface area contributed by atoms with Crippen molar-refractivity contribution in [3.63, 3.8) is 0 Å². The summed E-state index contributed by atoms with van der Waals surface area (Å²) < 4.78 is 27.6. The van der Waals surface area contributed by atoms with Crippen LogP contribution in [-0.2, 0) is 4.79 Å².